The number of amides is 6. The lowest BCUT2D eigenvalue weighted by atomic mass is 9.98. The van der Waals surface area contributed by atoms with E-state index in [-0.39, 0.29) is 74.5 Å². The molecule has 12 N–H and O–H groups in total. The summed E-state index contributed by atoms with van der Waals surface area (Å²) >= 11 is 0. The zero-order valence-corrected chi connectivity index (χ0v) is 53.7. The van der Waals surface area contributed by atoms with E-state index in [0.29, 0.717) is 18.7 Å². The number of unbranched alkanes of at least 4 members (excludes halogenated alkanes) is 3. The molecule has 5 aromatic rings. The van der Waals surface area contributed by atoms with E-state index in [4.69, 9.17) is 10.5 Å². The minimum Gasteiger partial charge on any atom is -0.467 e. The molecule has 8 bridgehead atoms. The summed E-state index contributed by atoms with van der Waals surface area (Å²) in [6.45, 7) is 25.8. The van der Waals surface area contributed by atoms with E-state index in [9.17, 15) is 28.8 Å². The summed E-state index contributed by atoms with van der Waals surface area (Å²) in [7, 11) is 1.22. The van der Waals surface area contributed by atoms with E-state index < -0.39 is 65.7 Å². The fraction of sp³-hybridized carbons (Fsp3) is 0.545. The van der Waals surface area contributed by atoms with Crippen LogP contribution in [0, 0.1) is 51.4 Å². The number of hydrogen-bond donors (Lipinski definition) is 11. The van der Waals surface area contributed by atoms with Gasteiger partial charge in [0.15, 0.2) is 6.04 Å². The van der Waals surface area contributed by atoms with Crippen LogP contribution >= 0.6 is 0 Å². The van der Waals surface area contributed by atoms with Crippen molar-refractivity contribution >= 4 is 65.7 Å². The van der Waals surface area contributed by atoms with E-state index in [2.05, 4.69) is 108 Å². The number of methoxy groups -OCH3 is 1. The summed E-state index contributed by atoms with van der Waals surface area (Å²) in [4.78, 5) is 121. The quantitative estimate of drug-likeness (QED) is 0.0179. The molecule has 474 valence electrons. The highest BCUT2D eigenvalue weighted by Crippen LogP contribution is 2.24. The maximum absolute atomic E-state index is 15.3. The Morgan fingerprint density at radius 2 is 1.28 bits per heavy atom. The van der Waals surface area contributed by atoms with Crippen molar-refractivity contribution in [2.24, 2.45) is 29.4 Å². The zero-order chi connectivity index (χ0) is 63.8. The number of rotatable bonds is 29. The number of carbonyl (C=O) groups excluding carboxylic acids is 7. The van der Waals surface area contributed by atoms with Gasteiger partial charge in [0.1, 0.15) is 18.1 Å². The number of H-pyrrole nitrogens is 5. The lowest BCUT2D eigenvalue weighted by Gasteiger charge is -2.35. The van der Waals surface area contributed by atoms with E-state index >= 15 is 4.79 Å². The van der Waals surface area contributed by atoms with Gasteiger partial charge in [-0.15, -0.1) is 0 Å². The third-order valence-corrected chi connectivity index (χ3v) is 16.0. The number of hydrogen-bond acceptors (Lipinski definition) is 10. The van der Waals surface area contributed by atoms with Crippen LogP contribution in [0.15, 0.2) is 24.7 Å². The number of nitrogens with zero attached hydrogens (tertiary/aromatic N) is 2. The average molecular weight is 1200 g/mol. The molecule has 0 radical (unpaired) electrons. The third-order valence-electron chi connectivity index (χ3n) is 16.0. The van der Waals surface area contributed by atoms with Crippen molar-refractivity contribution < 1.29 is 38.3 Å². The van der Waals surface area contributed by atoms with Gasteiger partial charge in [-0.2, -0.15) is 0 Å². The Balaban J connectivity index is 1.36. The van der Waals surface area contributed by atoms with E-state index in [1.54, 1.807) is 13.8 Å². The largest absolute Gasteiger partial charge is 0.467 e. The highest BCUT2D eigenvalue weighted by Gasteiger charge is 2.39. The molecule has 5 aromatic heterocycles. The van der Waals surface area contributed by atoms with Gasteiger partial charge in [-0.1, -0.05) is 81.6 Å². The van der Waals surface area contributed by atoms with Gasteiger partial charge in [-0.3, -0.25) is 34.2 Å². The molecule has 6 amide bonds. The number of carbonyl (C=O) groups is 7. The molecule has 6 rings (SSSR count). The Hall–Kier alpha value is -7.94. The van der Waals surface area contributed by atoms with Crippen molar-refractivity contribution in [2.45, 2.75) is 197 Å². The minimum absolute atomic E-state index is 0.0169. The number of ether oxygens (including phenoxy) is 1. The number of esters is 1. The molecule has 21 nitrogen and oxygen atoms in total. The molecule has 87 heavy (non-hydrogen) atoms. The molecule has 0 fully saturated rings. The van der Waals surface area contributed by atoms with Crippen LogP contribution in [0.4, 0.5) is 0 Å². The number of imidazole rings is 1. The van der Waals surface area contributed by atoms with Crippen molar-refractivity contribution in [3.05, 3.63) is 108 Å². The topological polar surface area (TPSA) is 310 Å². The average Bonchev–Trinajstić information content (AvgIpc) is 3.18. The maximum Gasteiger partial charge on any atom is 0.330 e. The first-order valence-corrected chi connectivity index (χ1v) is 31.1. The summed E-state index contributed by atoms with van der Waals surface area (Å²) in [5.41, 5.74) is 18.8. The Labute approximate surface area is 511 Å². The Kier molecular flexibility index (Phi) is 24.8. The second kappa shape index (κ2) is 31.6. The fourth-order valence-electron chi connectivity index (χ4n) is 11.0. The monoisotopic (exact) mass is 1200 g/mol. The predicted molar refractivity (Wildman–Crippen MR) is 339 cm³/mol. The van der Waals surface area contributed by atoms with Gasteiger partial charge in [-0.25, -0.2) is 14.8 Å². The van der Waals surface area contributed by atoms with Crippen LogP contribution in [0.3, 0.4) is 0 Å². The van der Waals surface area contributed by atoms with Crippen LogP contribution < -0.4 is 53.8 Å². The van der Waals surface area contributed by atoms with Crippen molar-refractivity contribution in [3.8, 4) is 0 Å². The summed E-state index contributed by atoms with van der Waals surface area (Å²) in [6, 6.07) is -1.61. The van der Waals surface area contributed by atoms with Crippen LogP contribution in [0.5, 0.6) is 0 Å². The molecule has 1 aliphatic rings. The minimum atomic E-state index is -1.29. The van der Waals surface area contributed by atoms with Gasteiger partial charge in [0.2, 0.25) is 29.5 Å². The summed E-state index contributed by atoms with van der Waals surface area (Å²) in [5.74, 6) is -4.67. The number of aromatic nitrogens is 6. The Morgan fingerprint density at radius 3 is 1.93 bits per heavy atom. The van der Waals surface area contributed by atoms with Crippen molar-refractivity contribution in [1.29, 1.82) is 0 Å². The number of aryl methyl sites for hydroxylation is 2. The zero-order valence-electron chi connectivity index (χ0n) is 53.7. The molecule has 0 saturated heterocycles. The summed E-state index contributed by atoms with van der Waals surface area (Å²) in [5, 5.41) is 16.1. The number of fused-ring (bicyclic) bond motifs is 8. The first-order chi connectivity index (χ1) is 41.3. The van der Waals surface area contributed by atoms with Gasteiger partial charge in [0, 0.05) is 81.9 Å². The normalized spacial score (nSPS) is 13.8. The van der Waals surface area contributed by atoms with E-state index in [0.717, 1.165) is 108 Å². The molecule has 0 spiro atoms. The highest BCUT2D eigenvalue weighted by atomic mass is 16.5. The number of nitrogens with two attached hydrogens (primary N) is 1. The van der Waals surface area contributed by atoms with Crippen LogP contribution in [0.1, 0.15) is 182 Å². The molecular formula is C66H97N13O8. The molecular weight excluding hydrogens is 1100 g/mol. The van der Waals surface area contributed by atoms with Crippen LogP contribution in [-0.4, -0.2) is 120 Å². The SMILES string of the molecule is CCCCCCNC(=O)CCc1c(C)c2[nH]c1=Cc1[nH]c(c(C)c1CCC(=O)NN(C(=O)[C@H](CC(C)C)NC(=O)[C@H](CC(C)C)NC(=O)[C@H](Cc1cnc[nH]1)NC(=O)[C@@H](N)C(C)C)[C@@H](CC(C)C)C(=O)OC)C=c1[nH]c(cc1C)=Cc1[nH]c(cc1C)C=2. The van der Waals surface area contributed by atoms with Gasteiger partial charge in [0.25, 0.3) is 5.91 Å². The molecule has 6 heterocycles. The smallest absolute Gasteiger partial charge is 0.330 e. The molecule has 0 saturated carbocycles. The Morgan fingerprint density at radius 1 is 0.632 bits per heavy atom. The molecule has 21 heteroatoms. The van der Waals surface area contributed by atoms with Crippen molar-refractivity contribution in [2.75, 3.05) is 13.7 Å². The summed E-state index contributed by atoms with van der Waals surface area (Å²) in [6.07, 6.45) is 16.7. The molecule has 0 aromatic carbocycles. The lowest BCUT2D eigenvalue weighted by molar-refractivity contribution is -0.160. The van der Waals surface area contributed by atoms with Gasteiger partial charge >= 0.3 is 5.97 Å². The predicted octanol–water partition coefficient (Wildman–Crippen LogP) is 4.37. The fourth-order valence-corrected chi connectivity index (χ4v) is 11.0. The third kappa shape index (κ3) is 19.0. The van der Waals surface area contributed by atoms with Crippen LogP contribution in [0.2, 0.25) is 0 Å². The molecule has 0 aliphatic carbocycles. The number of nitrogens with one attached hydrogen (secondary N) is 10. The number of hydrazine groups is 1. The van der Waals surface area contributed by atoms with Crippen LogP contribution in [0.25, 0.3) is 24.3 Å². The second-order valence-electron chi connectivity index (χ2n) is 25.1. The molecule has 0 unspecified atom stereocenters. The summed E-state index contributed by atoms with van der Waals surface area (Å²) < 4.78 is 5.30. The van der Waals surface area contributed by atoms with Gasteiger partial charge < -0.3 is 56.7 Å². The highest BCUT2D eigenvalue weighted by molar-refractivity contribution is 5.96. The first-order valence-electron chi connectivity index (χ1n) is 31.1. The van der Waals surface area contributed by atoms with E-state index in [1.165, 1.54) is 19.6 Å². The second-order valence-corrected chi connectivity index (χ2v) is 25.1. The van der Waals surface area contributed by atoms with Gasteiger partial charge in [0.05, 0.1) is 19.5 Å². The van der Waals surface area contributed by atoms with Crippen molar-refractivity contribution in [3.63, 3.8) is 0 Å². The van der Waals surface area contributed by atoms with E-state index in [1.807, 2.05) is 61.5 Å². The lowest BCUT2D eigenvalue weighted by Crippen LogP contribution is -2.62. The van der Waals surface area contributed by atoms with Crippen LogP contribution in [-0.2, 0) is 57.6 Å². The standard InChI is InChI=1S/C66H97N13O8/c1-15-16-17-18-23-69-59(80)21-19-47-42(12)51-30-45-27-40(10)49(71-45)29-44-28-41(11)50(72-44)32-52-43(13)48(54(74-52)33-53(47)73-51)20-22-60(81)78-79(58(26-38(6)7)66(86)87-14)65(85)57(25-37(4)5)77-62(82)55(24-36(2)3)75-63(83)56(31-46-34-68-35-70-46)76-64(84)61(67)39(8)9/h27-30,32-39,55-58,61,71-74H,15-26,31,67H2,1-14H3,(H,68,70)(H,69,80)(H,75,83)(H,76,84)(H,77,82)(H,78,81)/t55-,56-,57-,58-,61-/m0/s1. The molecule has 1 aliphatic heterocycles. The maximum atomic E-state index is 15.3. The van der Waals surface area contributed by atoms with Crippen molar-refractivity contribution in [1.82, 2.24) is 61.6 Å². The first kappa shape index (κ1) is 68.2. The Bertz CT molecular complexity index is 3450. The molecule has 5 atom stereocenters. The number of aromatic amines is 5. The van der Waals surface area contributed by atoms with Gasteiger partial charge in [-0.05, 0) is 160 Å².